The second-order valence-corrected chi connectivity index (χ2v) is 6.65. The summed E-state index contributed by atoms with van der Waals surface area (Å²) in [4.78, 5) is 27.3. The Bertz CT molecular complexity index is 941. The molecule has 3 aromatic rings. The van der Waals surface area contributed by atoms with Crippen LogP contribution in [0.1, 0.15) is 54.6 Å². The van der Waals surface area contributed by atoms with Crippen LogP contribution >= 0.6 is 0 Å². The molecule has 0 spiro atoms. The van der Waals surface area contributed by atoms with Crippen molar-refractivity contribution in [3.8, 4) is 0 Å². The predicted octanol–water partition coefficient (Wildman–Crippen LogP) is 3.92. The third kappa shape index (κ3) is 3.87. The second-order valence-electron chi connectivity index (χ2n) is 6.65. The molecule has 0 radical (unpaired) electrons. The van der Waals surface area contributed by atoms with Crippen molar-refractivity contribution in [1.82, 2.24) is 14.9 Å². The van der Waals surface area contributed by atoms with Crippen LogP contribution in [0.3, 0.4) is 0 Å². The molecule has 0 fully saturated rings. The highest BCUT2D eigenvalue weighted by Gasteiger charge is 2.16. The average molecular weight is 351 g/mol. The highest BCUT2D eigenvalue weighted by atomic mass is 16.2. The first kappa shape index (κ1) is 18.0. The summed E-state index contributed by atoms with van der Waals surface area (Å²) in [7, 11) is 1.71. The molecule has 1 unspecified atom stereocenters. The van der Waals surface area contributed by atoms with E-state index in [0.29, 0.717) is 11.1 Å². The number of hydrogen-bond acceptors (Lipinski definition) is 2. The van der Waals surface area contributed by atoms with Crippen molar-refractivity contribution in [2.24, 2.45) is 7.05 Å². The molecule has 2 N–H and O–H groups in total. The molecule has 1 atom stereocenters. The van der Waals surface area contributed by atoms with E-state index in [4.69, 9.17) is 0 Å². The fraction of sp³-hybridized carbons (Fsp3) is 0.333. The van der Waals surface area contributed by atoms with Crippen molar-refractivity contribution < 1.29 is 4.79 Å². The van der Waals surface area contributed by atoms with E-state index in [1.54, 1.807) is 25.2 Å². The molecule has 0 saturated heterocycles. The minimum Gasteiger partial charge on any atom is -0.345 e. The smallest absolute Gasteiger partial charge is 0.326 e. The molecule has 5 nitrogen and oxygen atoms in total. The molecule has 1 amide bonds. The van der Waals surface area contributed by atoms with Crippen LogP contribution < -0.4 is 11.0 Å². The number of fused-ring (bicyclic) bond motifs is 1. The highest BCUT2D eigenvalue weighted by Crippen LogP contribution is 2.21. The number of imidazole rings is 1. The van der Waals surface area contributed by atoms with Gasteiger partial charge in [-0.3, -0.25) is 9.36 Å². The molecule has 2 aromatic carbocycles. The molecule has 0 saturated carbocycles. The van der Waals surface area contributed by atoms with Crippen molar-refractivity contribution >= 4 is 16.9 Å². The Morgan fingerprint density at radius 2 is 1.92 bits per heavy atom. The third-order valence-corrected chi connectivity index (χ3v) is 4.77. The number of amides is 1. The van der Waals surface area contributed by atoms with Gasteiger partial charge in [0.1, 0.15) is 0 Å². The normalized spacial score (nSPS) is 12.2. The molecular weight excluding hydrogens is 326 g/mol. The lowest BCUT2D eigenvalue weighted by molar-refractivity contribution is 0.0934. The number of nitrogens with one attached hydrogen (secondary N) is 2. The fourth-order valence-electron chi connectivity index (χ4n) is 3.23. The number of aromatic amines is 1. The van der Waals surface area contributed by atoms with Gasteiger partial charge in [-0.15, -0.1) is 0 Å². The molecule has 0 aliphatic carbocycles. The van der Waals surface area contributed by atoms with E-state index in [2.05, 4.69) is 29.4 Å². The molecule has 5 heteroatoms. The van der Waals surface area contributed by atoms with Gasteiger partial charge in [0, 0.05) is 12.6 Å². The highest BCUT2D eigenvalue weighted by molar-refractivity contribution is 5.97. The summed E-state index contributed by atoms with van der Waals surface area (Å²) >= 11 is 0. The van der Waals surface area contributed by atoms with E-state index >= 15 is 0 Å². The Morgan fingerprint density at radius 3 is 2.65 bits per heavy atom. The van der Waals surface area contributed by atoms with Crippen LogP contribution in [0.2, 0.25) is 0 Å². The molecular formula is C21H25N3O2. The van der Waals surface area contributed by atoms with E-state index in [1.807, 2.05) is 18.2 Å². The summed E-state index contributed by atoms with van der Waals surface area (Å²) in [5.74, 6) is -0.123. The van der Waals surface area contributed by atoms with Gasteiger partial charge in [0.15, 0.2) is 0 Å². The van der Waals surface area contributed by atoms with Crippen molar-refractivity contribution in [3.63, 3.8) is 0 Å². The summed E-state index contributed by atoms with van der Waals surface area (Å²) in [5.41, 5.74) is 2.95. The maximum Gasteiger partial charge on any atom is 0.326 e. The number of hydrogen-bond donors (Lipinski definition) is 2. The molecule has 1 heterocycles. The average Bonchev–Trinajstić information content (AvgIpc) is 2.95. The molecule has 136 valence electrons. The summed E-state index contributed by atoms with van der Waals surface area (Å²) in [6, 6.07) is 15.4. The first-order chi connectivity index (χ1) is 12.6. The van der Waals surface area contributed by atoms with Crippen LogP contribution in [0.4, 0.5) is 0 Å². The van der Waals surface area contributed by atoms with Crippen molar-refractivity contribution in [1.29, 1.82) is 0 Å². The second kappa shape index (κ2) is 8.04. The molecule has 3 rings (SSSR count). The Kier molecular flexibility index (Phi) is 5.56. The number of benzene rings is 2. The van der Waals surface area contributed by atoms with Crippen LogP contribution in [0.25, 0.3) is 11.0 Å². The van der Waals surface area contributed by atoms with Crippen LogP contribution in [-0.4, -0.2) is 15.5 Å². The Labute approximate surface area is 153 Å². The minimum absolute atomic E-state index is 0.0132. The van der Waals surface area contributed by atoms with Gasteiger partial charge in [0.25, 0.3) is 5.91 Å². The zero-order valence-corrected chi connectivity index (χ0v) is 15.3. The largest absolute Gasteiger partial charge is 0.345 e. The number of nitrogens with zero attached hydrogens (tertiary/aromatic N) is 1. The fourth-order valence-corrected chi connectivity index (χ4v) is 3.23. The van der Waals surface area contributed by atoms with Gasteiger partial charge in [-0.25, -0.2) is 4.79 Å². The van der Waals surface area contributed by atoms with E-state index in [9.17, 15) is 9.59 Å². The number of aryl methyl sites for hydroxylation is 1. The van der Waals surface area contributed by atoms with Gasteiger partial charge in [-0.2, -0.15) is 0 Å². The maximum atomic E-state index is 12.8. The van der Waals surface area contributed by atoms with Crippen molar-refractivity contribution in [3.05, 3.63) is 70.1 Å². The molecule has 1 aromatic heterocycles. The molecule has 0 aliphatic rings. The lowest BCUT2D eigenvalue weighted by atomic mass is 10.00. The van der Waals surface area contributed by atoms with Crippen LogP contribution in [-0.2, 0) is 7.05 Å². The number of aromatic nitrogens is 2. The lowest BCUT2D eigenvalue weighted by Gasteiger charge is -2.19. The third-order valence-electron chi connectivity index (χ3n) is 4.77. The Hall–Kier alpha value is -2.82. The number of carbonyl (C=O) groups is 1. The SMILES string of the molecule is CCCCCC(NC(=O)c1ccc2c(c1)[nH]c(=O)n2C)c1ccccc1. The zero-order chi connectivity index (χ0) is 18.5. The number of H-pyrrole nitrogens is 1. The van der Waals surface area contributed by atoms with Gasteiger partial charge >= 0.3 is 5.69 Å². The van der Waals surface area contributed by atoms with E-state index in [-0.39, 0.29) is 17.6 Å². The van der Waals surface area contributed by atoms with E-state index < -0.39 is 0 Å². The molecule has 26 heavy (non-hydrogen) atoms. The summed E-state index contributed by atoms with van der Waals surface area (Å²) in [5, 5.41) is 3.16. The number of unbranched alkanes of at least 4 members (excludes halogenated alkanes) is 2. The summed E-state index contributed by atoms with van der Waals surface area (Å²) < 4.78 is 1.54. The van der Waals surface area contributed by atoms with Gasteiger partial charge in [-0.05, 0) is 30.2 Å². The van der Waals surface area contributed by atoms with Gasteiger partial charge < -0.3 is 10.3 Å². The topological polar surface area (TPSA) is 66.9 Å². The molecule has 0 bridgehead atoms. The summed E-state index contributed by atoms with van der Waals surface area (Å²) in [6.07, 6.45) is 4.28. The Balaban J connectivity index is 1.81. The van der Waals surface area contributed by atoms with E-state index in [0.717, 1.165) is 36.8 Å². The van der Waals surface area contributed by atoms with Crippen LogP contribution in [0.15, 0.2) is 53.3 Å². The van der Waals surface area contributed by atoms with Gasteiger partial charge in [0.05, 0.1) is 17.1 Å². The van der Waals surface area contributed by atoms with Crippen molar-refractivity contribution in [2.45, 2.75) is 38.6 Å². The number of rotatable bonds is 7. The van der Waals surface area contributed by atoms with Crippen molar-refractivity contribution in [2.75, 3.05) is 0 Å². The van der Waals surface area contributed by atoms with Crippen LogP contribution in [0.5, 0.6) is 0 Å². The maximum absolute atomic E-state index is 12.8. The zero-order valence-electron chi connectivity index (χ0n) is 15.3. The predicted molar refractivity (Wildman–Crippen MR) is 104 cm³/mol. The minimum atomic E-state index is -0.181. The monoisotopic (exact) mass is 351 g/mol. The first-order valence-corrected chi connectivity index (χ1v) is 9.14. The first-order valence-electron chi connectivity index (χ1n) is 9.14. The quantitative estimate of drug-likeness (QED) is 0.634. The Morgan fingerprint density at radius 1 is 1.15 bits per heavy atom. The number of carbonyl (C=O) groups excluding carboxylic acids is 1. The molecule has 0 aliphatic heterocycles. The van der Waals surface area contributed by atoms with Crippen LogP contribution in [0, 0.1) is 0 Å². The van der Waals surface area contributed by atoms with Gasteiger partial charge in [0.2, 0.25) is 0 Å². The summed E-state index contributed by atoms with van der Waals surface area (Å²) in [6.45, 7) is 2.17. The van der Waals surface area contributed by atoms with E-state index in [1.165, 1.54) is 4.57 Å². The lowest BCUT2D eigenvalue weighted by Crippen LogP contribution is -2.28. The van der Waals surface area contributed by atoms with Gasteiger partial charge in [-0.1, -0.05) is 56.5 Å². The standard InChI is InChI=1S/C21H25N3O2/c1-3-4-6-11-17(15-9-7-5-8-10-15)22-20(25)16-12-13-19-18(14-16)23-21(26)24(19)2/h5,7-10,12-14,17H,3-4,6,11H2,1-2H3,(H,22,25)(H,23,26).